The Hall–Kier alpha value is 0.190. The minimum absolute atomic E-state index is 0.149. The van der Waals surface area contributed by atoms with Crippen LogP contribution in [-0.2, 0) is 16.5 Å². The molecule has 0 atom stereocenters. The van der Waals surface area contributed by atoms with E-state index in [0.717, 1.165) is 0 Å². The average molecular weight is 217 g/mol. The van der Waals surface area contributed by atoms with Crippen LogP contribution in [0.25, 0.3) is 0 Å². The smallest absolute Gasteiger partial charge is 0.407 e. The zero-order valence-corrected chi connectivity index (χ0v) is 8.21. The van der Waals surface area contributed by atoms with Crippen molar-refractivity contribution in [3.63, 3.8) is 0 Å². The van der Waals surface area contributed by atoms with Crippen molar-refractivity contribution in [2.24, 2.45) is 0 Å². The molecule has 0 aliphatic rings. The number of nitrogens with one attached hydrogen (secondary N) is 1. The number of ether oxygens (including phenoxy) is 1. The number of rotatable bonds is 3. The third kappa shape index (κ3) is 8.09. The minimum atomic E-state index is -3.29. The van der Waals surface area contributed by atoms with E-state index >= 15 is 0 Å². The van der Waals surface area contributed by atoms with Gasteiger partial charge in [0.15, 0.2) is 0 Å². The molecule has 66 valence electrons. The average Bonchev–Trinajstić information content (AvgIpc) is 1.85. The number of alkyl carbamates (subject to hydrolysis) is 1. The van der Waals surface area contributed by atoms with Gasteiger partial charge in [-0.05, 0) is 23.2 Å². The van der Waals surface area contributed by atoms with Gasteiger partial charge in [-0.15, -0.1) is 0 Å². The molecule has 3 N–H and O–H groups in total. The standard InChI is InChI=1S/C3H8NO4PS2/c1-4-3(5)8-2-11-9(6,7)10/h2H2,1H3,(H,4,5)(H2,6,7,10). The van der Waals surface area contributed by atoms with E-state index in [1.165, 1.54) is 7.05 Å². The molecule has 0 rings (SSSR count). The first-order chi connectivity index (χ1) is 4.95. The molecule has 0 aromatic rings. The SMILES string of the molecule is CNC(=O)OCSP(O)(O)=S. The highest BCUT2D eigenvalue weighted by Crippen LogP contribution is 2.50. The van der Waals surface area contributed by atoms with Gasteiger partial charge in [0.2, 0.25) is 5.69 Å². The highest BCUT2D eigenvalue weighted by molar-refractivity contribution is 8.67. The summed E-state index contributed by atoms with van der Waals surface area (Å²) in [5, 5.41) is 2.19. The highest BCUT2D eigenvalue weighted by Gasteiger charge is 2.08. The molecule has 0 aromatic heterocycles. The molecule has 0 aliphatic carbocycles. The maximum Gasteiger partial charge on any atom is 0.407 e. The summed E-state index contributed by atoms with van der Waals surface area (Å²) in [4.78, 5) is 27.6. The summed E-state index contributed by atoms with van der Waals surface area (Å²) in [5.74, 6) is -0.149. The second-order valence-corrected chi connectivity index (χ2v) is 7.42. The lowest BCUT2D eigenvalue weighted by Crippen LogP contribution is -2.18. The van der Waals surface area contributed by atoms with E-state index in [2.05, 4.69) is 21.9 Å². The zero-order valence-electron chi connectivity index (χ0n) is 5.68. The third-order valence-electron chi connectivity index (χ3n) is 0.615. The fourth-order valence-corrected chi connectivity index (χ4v) is 1.48. The van der Waals surface area contributed by atoms with Crippen molar-refractivity contribution >= 4 is 35.0 Å². The number of hydrogen-bond acceptors (Lipinski definition) is 4. The number of amides is 1. The van der Waals surface area contributed by atoms with Crippen molar-refractivity contribution in [3.8, 4) is 0 Å². The van der Waals surface area contributed by atoms with Crippen molar-refractivity contribution in [2.45, 2.75) is 0 Å². The van der Waals surface area contributed by atoms with Crippen molar-refractivity contribution in [2.75, 3.05) is 13.0 Å². The Morgan fingerprint density at radius 1 is 1.82 bits per heavy atom. The van der Waals surface area contributed by atoms with Crippen LogP contribution in [0.5, 0.6) is 0 Å². The number of hydrogen-bond donors (Lipinski definition) is 3. The monoisotopic (exact) mass is 217 g/mol. The molecule has 5 nitrogen and oxygen atoms in total. The Labute approximate surface area is 73.0 Å². The van der Waals surface area contributed by atoms with Crippen molar-refractivity contribution in [3.05, 3.63) is 0 Å². The van der Waals surface area contributed by atoms with Crippen molar-refractivity contribution in [1.82, 2.24) is 5.32 Å². The van der Waals surface area contributed by atoms with Gasteiger partial charge < -0.3 is 19.8 Å². The van der Waals surface area contributed by atoms with Crippen LogP contribution >= 0.6 is 17.1 Å². The lowest BCUT2D eigenvalue weighted by Gasteiger charge is -2.06. The summed E-state index contributed by atoms with van der Waals surface area (Å²) in [6.45, 7) is 0. The predicted molar refractivity (Wildman–Crippen MR) is 46.7 cm³/mol. The molecule has 0 bridgehead atoms. The molecule has 0 fully saturated rings. The van der Waals surface area contributed by atoms with Gasteiger partial charge in [0.05, 0.1) is 0 Å². The Kier molecular flexibility index (Phi) is 5.03. The zero-order chi connectivity index (χ0) is 8.91. The lowest BCUT2D eigenvalue weighted by atomic mass is 11.1. The van der Waals surface area contributed by atoms with Crippen LogP contribution < -0.4 is 5.32 Å². The molecule has 0 aliphatic heterocycles. The largest absolute Gasteiger partial charge is 0.438 e. The highest BCUT2D eigenvalue weighted by atomic mass is 32.9. The van der Waals surface area contributed by atoms with Gasteiger partial charge in [0.25, 0.3) is 0 Å². The van der Waals surface area contributed by atoms with Gasteiger partial charge in [0.1, 0.15) is 5.94 Å². The molecule has 0 aromatic carbocycles. The van der Waals surface area contributed by atoms with E-state index in [1.54, 1.807) is 0 Å². The van der Waals surface area contributed by atoms with Crippen LogP contribution in [0, 0.1) is 0 Å². The summed E-state index contributed by atoms with van der Waals surface area (Å²) < 4.78 is 4.42. The fourth-order valence-electron chi connectivity index (χ4n) is 0.221. The van der Waals surface area contributed by atoms with E-state index in [0.29, 0.717) is 11.4 Å². The molecule has 1 amide bonds. The minimum Gasteiger partial charge on any atom is -0.438 e. The van der Waals surface area contributed by atoms with E-state index in [9.17, 15) is 4.79 Å². The summed E-state index contributed by atoms with van der Waals surface area (Å²) >= 11 is 4.88. The quantitative estimate of drug-likeness (QED) is 0.464. The van der Waals surface area contributed by atoms with Crippen LogP contribution in [-0.4, -0.2) is 28.9 Å². The number of carbonyl (C=O) groups is 1. The molecule has 0 heterocycles. The van der Waals surface area contributed by atoms with Gasteiger partial charge in [-0.1, -0.05) is 0 Å². The first kappa shape index (κ1) is 11.2. The molecular weight excluding hydrogens is 209 g/mol. The van der Waals surface area contributed by atoms with Gasteiger partial charge in [-0.3, -0.25) is 0 Å². The van der Waals surface area contributed by atoms with Crippen LogP contribution in [0.2, 0.25) is 0 Å². The second kappa shape index (κ2) is 4.95. The van der Waals surface area contributed by atoms with Gasteiger partial charge in [0, 0.05) is 7.05 Å². The maximum absolute atomic E-state index is 10.4. The van der Waals surface area contributed by atoms with Crippen LogP contribution in [0.4, 0.5) is 4.79 Å². The lowest BCUT2D eigenvalue weighted by molar-refractivity contribution is 0.168. The maximum atomic E-state index is 10.4. The van der Waals surface area contributed by atoms with E-state index in [4.69, 9.17) is 9.79 Å². The fraction of sp³-hybridized carbons (Fsp3) is 0.667. The Bertz CT molecular complexity index is 180. The Morgan fingerprint density at radius 2 is 2.36 bits per heavy atom. The molecule has 8 heteroatoms. The summed E-state index contributed by atoms with van der Waals surface area (Å²) in [5.41, 5.74) is -3.29. The van der Waals surface area contributed by atoms with Gasteiger partial charge in [-0.25, -0.2) is 4.79 Å². The first-order valence-corrected chi connectivity index (χ1v) is 6.80. The topological polar surface area (TPSA) is 78.8 Å². The summed E-state index contributed by atoms with van der Waals surface area (Å²) in [7, 11) is 1.40. The van der Waals surface area contributed by atoms with E-state index in [1.807, 2.05) is 0 Å². The van der Waals surface area contributed by atoms with Gasteiger partial charge >= 0.3 is 6.09 Å². The molecular formula is C3H8NO4PS2. The van der Waals surface area contributed by atoms with Crippen molar-refractivity contribution < 1.29 is 19.3 Å². The summed E-state index contributed by atoms with van der Waals surface area (Å²) in [6.07, 6.45) is -0.624. The molecule has 0 radical (unpaired) electrons. The normalized spacial score (nSPS) is 10.8. The van der Waals surface area contributed by atoms with Crippen LogP contribution in [0.15, 0.2) is 0 Å². The molecule has 11 heavy (non-hydrogen) atoms. The Morgan fingerprint density at radius 3 is 2.73 bits per heavy atom. The molecule has 0 saturated heterocycles. The third-order valence-corrected chi connectivity index (χ3v) is 3.45. The van der Waals surface area contributed by atoms with Crippen LogP contribution in [0.1, 0.15) is 0 Å². The van der Waals surface area contributed by atoms with Gasteiger partial charge in [-0.2, -0.15) is 0 Å². The van der Waals surface area contributed by atoms with E-state index in [-0.39, 0.29) is 5.94 Å². The van der Waals surface area contributed by atoms with Crippen LogP contribution in [0.3, 0.4) is 0 Å². The van der Waals surface area contributed by atoms with Crippen molar-refractivity contribution in [1.29, 1.82) is 0 Å². The predicted octanol–water partition coefficient (Wildman–Crippen LogP) is 0.242. The summed E-state index contributed by atoms with van der Waals surface area (Å²) in [6, 6.07) is 0. The molecule has 0 unspecified atom stereocenters. The number of carbonyl (C=O) groups excluding carboxylic acids is 1. The molecule has 0 spiro atoms. The molecule has 0 saturated carbocycles. The van der Waals surface area contributed by atoms with E-state index < -0.39 is 11.8 Å². The Balaban J connectivity index is 3.43. The first-order valence-electron chi connectivity index (χ1n) is 2.50. The second-order valence-electron chi connectivity index (χ2n) is 1.42.